The van der Waals surface area contributed by atoms with Crippen molar-refractivity contribution < 1.29 is 14.0 Å². The molecule has 0 unspecified atom stereocenters. The first-order valence-electron chi connectivity index (χ1n) is 4.33. The van der Waals surface area contributed by atoms with Gasteiger partial charge in [-0.25, -0.2) is 4.39 Å². The van der Waals surface area contributed by atoms with Crippen molar-refractivity contribution in [3.8, 4) is 17.1 Å². The van der Waals surface area contributed by atoms with Crippen LogP contribution in [0.25, 0.3) is 11.4 Å². The Labute approximate surface area is 94.6 Å². The Kier molecular flexibility index (Phi) is 2.76. The predicted molar refractivity (Wildman–Crippen MR) is 54.3 cm³/mol. The summed E-state index contributed by atoms with van der Waals surface area (Å²) < 4.78 is 18.3. The van der Waals surface area contributed by atoms with Crippen molar-refractivity contribution in [2.45, 2.75) is 6.54 Å². The number of aromatic nitrogens is 2. The normalized spacial score (nSPS) is 10.7. The monoisotopic (exact) mass is 243 g/mol. The van der Waals surface area contributed by atoms with Gasteiger partial charge in [0, 0.05) is 0 Å². The first-order chi connectivity index (χ1) is 7.63. The summed E-state index contributed by atoms with van der Waals surface area (Å²) >= 11 is 5.58. The first-order valence-corrected chi connectivity index (χ1v) is 4.71. The molecule has 0 atom stereocenters. The van der Waals surface area contributed by atoms with E-state index in [0.717, 1.165) is 0 Å². The van der Waals surface area contributed by atoms with E-state index in [1.807, 2.05) is 0 Å². The molecule has 0 saturated carbocycles. The third-order valence-electron chi connectivity index (χ3n) is 1.94. The van der Waals surface area contributed by atoms with Crippen molar-refractivity contribution in [1.82, 2.24) is 10.1 Å². The molecule has 1 heterocycles. The fraction of sp³-hybridized carbons (Fsp3) is 0.111. The molecular formula is C9H7ClFN3O2. The number of phenolic OH excluding ortho intramolecular Hbond substituents is 1. The van der Waals surface area contributed by atoms with E-state index in [1.54, 1.807) is 0 Å². The van der Waals surface area contributed by atoms with Crippen LogP contribution in [0.15, 0.2) is 16.7 Å². The molecule has 0 spiro atoms. The van der Waals surface area contributed by atoms with Crippen LogP contribution in [-0.4, -0.2) is 15.2 Å². The summed E-state index contributed by atoms with van der Waals surface area (Å²) in [5.41, 5.74) is 5.07. The number of hydrogen-bond acceptors (Lipinski definition) is 5. The quantitative estimate of drug-likeness (QED) is 0.838. The van der Waals surface area contributed by atoms with Gasteiger partial charge in [-0.05, 0) is 12.1 Å². The predicted octanol–water partition coefficient (Wildman–Crippen LogP) is 1.69. The van der Waals surface area contributed by atoms with Crippen LogP contribution in [0.1, 0.15) is 5.89 Å². The van der Waals surface area contributed by atoms with Gasteiger partial charge in [0.25, 0.3) is 0 Å². The maximum Gasteiger partial charge on any atom is 0.240 e. The van der Waals surface area contributed by atoms with E-state index in [0.29, 0.717) is 0 Å². The molecular weight excluding hydrogens is 237 g/mol. The van der Waals surface area contributed by atoms with E-state index in [-0.39, 0.29) is 34.6 Å². The molecule has 7 heteroatoms. The lowest BCUT2D eigenvalue weighted by molar-refractivity contribution is 0.380. The van der Waals surface area contributed by atoms with Crippen LogP contribution in [0.2, 0.25) is 5.02 Å². The zero-order valence-electron chi connectivity index (χ0n) is 7.94. The third-order valence-corrected chi connectivity index (χ3v) is 2.23. The molecule has 3 N–H and O–H groups in total. The molecule has 1 aromatic heterocycles. The summed E-state index contributed by atoms with van der Waals surface area (Å²) in [6.07, 6.45) is 0. The molecule has 0 fully saturated rings. The molecule has 16 heavy (non-hydrogen) atoms. The number of phenols is 1. The average molecular weight is 244 g/mol. The van der Waals surface area contributed by atoms with E-state index in [1.165, 1.54) is 12.1 Å². The zero-order valence-corrected chi connectivity index (χ0v) is 8.70. The average Bonchev–Trinajstić information content (AvgIpc) is 2.73. The maximum atomic E-state index is 13.6. The number of nitrogens with two attached hydrogens (primary N) is 1. The van der Waals surface area contributed by atoms with Gasteiger partial charge >= 0.3 is 0 Å². The molecule has 0 aliphatic carbocycles. The standard InChI is InChI=1S/C9H7ClFN3O2/c10-4-1-2-5(15)7(8(4)11)9-13-6(3-12)16-14-9/h1-2,15H,3,12H2. The van der Waals surface area contributed by atoms with Gasteiger partial charge in [0.2, 0.25) is 11.7 Å². The highest BCUT2D eigenvalue weighted by molar-refractivity contribution is 6.31. The minimum Gasteiger partial charge on any atom is -0.507 e. The summed E-state index contributed by atoms with van der Waals surface area (Å²) in [6, 6.07) is 2.48. The Morgan fingerprint density at radius 2 is 2.25 bits per heavy atom. The number of benzene rings is 1. The number of nitrogens with zero attached hydrogens (tertiary/aromatic N) is 2. The summed E-state index contributed by atoms with van der Waals surface area (Å²) in [4.78, 5) is 3.80. The van der Waals surface area contributed by atoms with Crippen molar-refractivity contribution in [1.29, 1.82) is 0 Å². The van der Waals surface area contributed by atoms with Crippen LogP contribution in [0.4, 0.5) is 4.39 Å². The molecule has 2 aromatic rings. The molecule has 0 radical (unpaired) electrons. The molecule has 5 nitrogen and oxygen atoms in total. The number of rotatable bonds is 2. The Hall–Kier alpha value is -1.66. The van der Waals surface area contributed by atoms with Gasteiger partial charge in [0.1, 0.15) is 11.3 Å². The van der Waals surface area contributed by atoms with E-state index in [2.05, 4.69) is 10.1 Å². The largest absolute Gasteiger partial charge is 0.507 e. The maximum absolute atomic E-state index is 13.6. The summed E-state index contributed by atoms with van der Waals surface area (Å²) in [7, 11) is 0. The van der Waals surface area contributed by atoms with E-state index < -0.39 is 5.82 Å². The first kappa shape index (κ1) is 10.8. The van der Waals surface area contributed by atoms with Crippen molar-refractivity contribution in [3.63, 3.8) is 0 Å². The number of aromatic hydroxyl groups is 1. The van der Waals surface area contributed by atoms with Gasteiger partial charge < -0.3 is 15.4 Å². The number of halogens is 2. The summed E-state index contributed by atoms with van der Waals surface area (Å²) in [6.45, 7) is 0.0376. The van der Waals surface area contributed by atoms with Gasteiger partial charge in [-0.2, -0.15) is 4.98 Å². The lowest BCUT2D eigenvalue weighted by Crippen LogP contribution is -1.96. The lowest BCUT2D eigenvalue weighted by atomic mass is 10.2. The second kappa shape index (κ2) is 4.07. The van der Waals surface area contributed by atoms with Crippen LogP contribution in [-0.2, 0) is 6.54 Å². The van der Waals surface area contributed by atoms with Crippen molar-refractivity contribution in [2.75, 3.05) is 0 Å². The second-order valence-electron chi connectivity index (χ2n) is 2.97. The zero-order chi connectivity index (χ0) is 11.7. The molecule has 84 valence electrons. The highest BCUT2D eigenvalue weighted by Crippen LogP contribution is 2.33. The summed E-state index contributed by atoms with van der Waals surface area (Å²) in [5, 5.41) is 12.9. The van der Waals surface area contributed by atoms with Gasteiger partial charge in [-0.3, -0.25) is 0 Å². The van der Waals surface area contributed by atoms with Crippen molar-refractivity contribution >= 4 is 11.6 Å². The fourth-order valence-corrected chi connectivity index (χ4v) is 1.35. The second-order valence-corrected chi connectivity index (χ2v) is 3.38. The molecule has 0 aliphatic rings. The smallest absolute Gasteiger partial charge is 0.240 e. The van der Waals surface area contributed by atoms with E-state index in [4.69, 9.17) is 21.9 Å². The Morgan fingerprint density at radius 3 is 2.88 bits per heavy atom. The third kappa shape index (κ3) is 1.72. The minimum atomic E-state index is -0.800. The van der Waals surface area contributed by atoms with Crippen LogP contribution < -0.4 is 5.73 Å². The van der Waals surface area contributed by atoms with E-state index >= 15 is 0 Å². The summed E-state index contributed by atoms with van der Waals surface area (Å²) in [5.74, 6) is -1.05. The molecule has 0 aliphatic heterocycles. The molecule has 0 amide bonds. The van der Waals surface area contributed by atoms with Crippen LogP contribution >= 0.6 is 11.6 Å². The number of hydrogen-bond donors (Lipinski definition) is 2. The van der Waals surface area contributed by atoms with Gasteiger partial charge in [0.15, 0.2) is 5.82 Å². The Morgan fingerprint density at radius 1 is 1.50 bits per heavy atom. The Bertz CT molecular complexity index is 529. The Balaban J connectivity index is 2.58. The van der Waals surface area contributed by atoms with Crippen LogP contribution in [0, 0.1) is 5.82 Å². The van der Waals surface area contributed by atoms with Crippen molar-refractivity contribution in [3.05, 3.63) is 28.9 Å². The molecule has 0 saturated heterocycles. The highest BCUT2D eigenvalue weighted by atomic mass is 35.5. The molecule has 2 rings (SSSR count). The van der Waals surface area contributed by atoms with Gasteiger partial charge in [0.05, 0.1) is 11.6 Å². The SMILES string of the molecule is NCc1nc(-c2c(O)ccc(Cl)c2F)no1. The highest BCUT2D eigenvalue weighted by Gasteiger charge is 2.19. The topological polar surface area (TPSA) is 85.2 Å². The molecule has 0 bridgehead atoms. The van der Waals surface area contributed by atoms with Crippen LogP contribution in [0.3, 0.4) is 0 Å². The van der Waals surface area contributed by atoms with Crippen molar-refractivity contribution in [2.24, 2.45) is 5.73 Å². The van der Waals surface area contributed by atoms with Gasteiger partial charge in [-0.15, -0.1) is 0 Å². The lowest BCUT2D eigenvalue weighted by Gasteiger charge is -2.02. The van der Waals surface area contributed by atoms with E-state index in [9.17, 15) is 9.50 Å². The van der Waals surface area contributed by atoms with Crippen LogP contribution in [0.5, 0.6) is 5.75 Å². The molecule has 1 aromatic carbocycles. The fourth-order valence-electron chi connectivity index (χ4n) is 1.19. The van der Waals surface area contributed by atoms with Gasteiger partial charge in [-0.1, -0.05) is 16.8 Å². The minimum absolute atomic E-state index is 0.0376.